The third kappa shape index (κ3) is 7.20. The molecular formula is C17H19N7Na2O9S3. The van der Waals surface area contributed by atoms with Crippen LogP contribution in [0.2, 0.25) is 0 Å². The van der Waals surface area contributed by atoms with Gasteiger partial charge in [-0.1, -0.05) is 16.9 Å². The zero-order chi connectivity index (χ0) is 26.0. The Bertz CT molecular complexity index is 1360. The molecule has 1 fully saturated rings. The Morgan fingerprint density at radius 1 is 1.39 bits per heavy atom. The van der Waals surface area contributed by atoms with Crippen LogP contribution in [0, 0.1) is 0 Å². The molecule has 38 heavy (non-hydrogen) atoms. The number of nitrogens with zero attached hydrogens (tertiary/aromatic N) is 6. The van der Waals surface area contributed by atoms with Crippen molar-refractivity contribution in [3.05, 3.63) is 35.4 Å². The number of aromatic nitrogens is 4. The van der Waals surface area contributed by atoms with Crippen molar-refractivity contribution in [3.63, 3.8) is 0 Å². The molecule has 4 heterocycles. The predicted octanol–water partition coefficient (Wildman–Crippen LogP) is -2.30. The van der Waals surface area contributed by atoms with Crippen LogP contribution in [-0.2, 0) is 35.2 Å². The molecule has 0 radical (unpaired) electrons. The molecule has 1 saturated heterocycles. The van der Waals surface area contributed by atoms with E-state index in [1.165, 1.54) is 31.2 Å². The minimum atomic E-state index is -4.40. The number of aliphatic carboxylic acids is 1. The number of amides is 2. The van der Waals surface area contributed by atoms with Crippen LogP contribution in [0.1, 0.15) is 5.76 Å². The number of furan rings is 1. The zero-order valence-corrected chi connectivity index (χ0v) is 20.6. The normalized spacial score (nSPS) is 19.1. The van der Waals surface area contributed by atoms with Crippen molar-refractivity contribution in [1.29, 1.82) is 0 Å². The fourth-order valence-corrected chi connectivity index (χ4v) is 6.32. The number of carbonyl (C=O) groups is 3. The first-order valence-electron chi connectivity index (χ1n) is 9.80. The van der Waals surface area contributed by atoms with E-state index in [0.29, 0.717) is 5.57 Å². The van der Waals surface area contributed by atoms with Crippen LogP contribution in [0.15, 0.2) is 44.4 Å². The van der Waals surface area contributed by atoms with Crippen molar-refractivity contribution in [3.8, 4) is 0 Å². The van der Waals surface area contributed by atoms with Crippen LogP contribution in [0.25, 0.3) is 0 Å². The monoisotopic (exact) mass is 607 g/mol. The molecule has 0 saturated carbocycles. The molecule has 0 unspecified atom stereocenters. The fraction of sp³-hybridized carbons (Fsp3) is 0.353. The van der Waals surface area contributed by atoms with Crippen molar-refractivity contribution in [2.45, 2.75) is 22.4 Å². The van der Waals surface area contributed by atoms with Crippen molar-refractivity contribution < 1.29 is 41.7 Å². The Hall–Kier alpha value is -1.42. The summed E-state index contributed by atoms with van der Waals surface area (Å²) < 4.78 is 37.3. The molecule has 0 spiro atoms. The summed E-state index contributed by atoms with van der Waals surface area (Å²) in [6.45, 7) is 0. The molecule has 2 atom stereocenters. The number of oxime groups is 1. The molecular weight excluding hydrogens is 588 g/mol. The van der Waals surface area contributed by atoms with Gasteiger partial charge in [0.25, 0.3) is 21.9 Å². The fourth-order valence-electron chi connectivity index (χ4n) is 3.39. The van der Waals surface area contributed by atoms with E-state index in [4.69, 9.17) is 8.97 Å². The third-order valence-corrected chi connectivity index (χ3v) is 7.80. The number of hydrogen-bond donors (Lipinski definition) is 3. The maximum absolute atomic E-state index is 12.9. The standard InChI is InChI=1S/C17H17N7O9S3.2Na.2H/c1-32-20-10(9-3-2-4-33-9)13(25)18-11-14(26)24-12(16(27)28)8(5-34-15(11)24)6-35-17-19-21-22-23(17)7-36(29,30)31;;;;/h2-4,11,15H,5-7H2,1H3,(H,18,25)(H,27,28)(H,29,30,31);;;;/b20-10+;;;;/t11-,15-;;;;/m1..../s1. The molecule has 0 bridgehead atoms. The van der Waals surface area contributed by atoms with Gasteiger partial charge in [0.2, 0.25) is 10.9 Å². The van der Waals surface area contributed by atoms with E-state index < -0.39 is 45.2 Å². The topological polar surface area (TPSA) is 219 Å². The molecule has 21 heteroatoms. The second-order valence-corrected chi connectivity index (χ2v) is 10.6. The van der Waals surface area contributed by atoms with Gasteiger partial charge in [-0.25, -0.2) is 9.48 Å². The second kappa shape index (κ2) is 13.8. The molecule has 4 rings (SSSR count). The number of β-lactam (4-membered cyclic amide) rings is 1. The van der Waals surface area contributed by atoms with Gasteiger partial charge in [-0.15, -0.1) is 16.9 Å². The number of carbonyl (C=O) groups excluding carboxylic acids is 2. The van der Waals surface area contributed by atoms with Gasteiger partial charge in [-0.3, -0.25) is 19.0 Å². The van der Waals surface area contributed by atoms with Crippen molar-refractivity contribution in [1.82, 2.24) is 30.4 Å². The first-order chi connectivity index (χ1) is 17.1. The Balaban J connectivity index is 0.00000253. The van der Waals surface area contributed by atoms with Gasteiger partial charge in [-0.05, 0) is 28.1 Å². The van der Waals surface area contributed by atoms with Gasteiger partial charge in [0, 0.05) is 11.5 Å². The van der Waals surface area contributed by atoms with E-state index in [1.807, 2.05) is 0 Å². The summed E-state index contributed by atoms with van der Waals surface area (Å²) in [6.07, 6.45) is 1.34. The van der Waals surface area contributed by atoms with Gasteiger partial charge < -0.3 is 19.7 Å². The van der Waals surface area contributed by atoms with Crippen LogP contribution < -0.4 is 5.32 Å². The van der Waals surface area contributed by atoms with Gasteiger partial charge in [0.1, 0.15) is 24.2 Å². The van der Waals surface area contributed by atoms with Crippen LogP contribution in [0.3, 0.4) is 0 Å². The molecule has 2 aliphatic heterocycles. The molecule has 0 aliphatic carbocycles. The molecule has 2 amide bonds. The first kappa shape index (κ1) is 32.8. The molecule has 16 nitrogen and oxygen atoms in total. The summed E-state index contributed by atoms with van der Waals surface area (Å²) >= 11 is 2.18. The Kier molecular flexibility index (Phi) is 11.9. The molecule has 0 aromatic carbocycles. The number of carboxylic acids is 1. The zero-order valence-electron chi connectivity index (χ0n) is 18.2. The van der Waals surface area contributed by atoms with Crippen molar-refractivity contribution >= 4 is 116 Å². The number of carboxylic acid groups (broad SMARTS) is 1. The summed E-state index contributed by atoms with van der Waals surface area (Å²) in [4.78, 5) is 43.4. The number of thioether (sulfide) groups is 2. The minimum absolute atomic E-state index is 0. The summed E-state index contributed by atoms with van der Waals surface area (Å²) in [5, 5.41) is 25.8. The van der Waals surface area contributed by atoms with Gasteiger partial charge >= 0.3 is 65.1 Å². The quantitative estimate of drug-likeness (QED) is 0.0646. The second-order valence-electron chi connectivity index (χ2n) is 7.18. The maximum atomic E-state index is 12.9. The van der Waals surface area contributed by atoms with E-state index in [2.05, 4.69) is 30.8 Å². The Morgan fingerprint density at radius 3 is 2.74 bits per heavy atom. The van der Waals surface area contributed by atoms with E-state index in [1.54, 1.807) is 6.07 Å². The van der Waals surface area contributed by atoms with Gasteiger partial charge in [-0.2, -0.15) is 8.42 Å². The SMILES string of the molecule is CO/N=C(/C(=O)N[C@@H]1C(=O)N2C(C(=O)O)=C(CSc3nnnn3CS(=O)(=O)O)CS[C@H]12)c1ccco1.[NaH].[NaH]. The van der Waals surface area contributed by atoms with Crippen molar-refractivity contribution in [2.75, 3.05) is 18.6 Å². The summed E-state index contributed by atoms with van der Waals surface area (Å²) in [6, 6.07) is 2.03. The summed E-state index contributed by atoms with van der Waals surface area (Å²) in [7, 11) is -3.16. The van der Waals surface area contributed by atoms with E-state index in [9.17, 15) is 27.9 Å². The number of rotatable bonds is 10. The summed E-state index contributed by atoms with van der Waals surface area (Å²) in [5.41, 5.74) is -0.0684. The van der Waals surface area contributed by atoms with E-state index >= 15 is 0 Å². The number of fused-ring (bicyclic) bond motifs is 1. The van der Waals surface area contributed by atoms with Crippen LogP contribution in [0.5, 0.6) is 0 Å². The first-order valence-corrected chi connectivity index (χ1v) is 13.4. The molecule has 2 aromatic heterocycles. The third-order valence-electron chi connectivity index (χ3n) is 4.85. The predicted molar refractivity (Wildman–Crippen MR) is 136 cm³/mol. The molecule has 2 aliphatic rings. The van der Waals surface area contributed by atoms with Crippen LogP contribution >= 0.6 is 23.5 Å². The van der Waals surface area contributed by atoms with Crippen LogP contribution in [-0.4, -0.2) is 156 Å². The van der Waals surface area contributed by atoms with Crippen molar-refractivity contribution in [2.24, 2.45) is 5.16 Å². The number of tetrazole rings is 1. The number of hydrogen-bond acceptors (Lipinski definition) is 13. The summed E-state index contributed by atoms with van der Waals surface area (Å²) in [5.74, 6) is -3.24. The Labute approximate surface area is 267 Å². The molecule has 2 aromatic rings. The van der Waals surface area contributed by atoms with E-state index in [0.717, 1.165) is 21.3 Å². The average molecular weight is 608 g/mol. The van der Waals surface area contributed by atoms with Gasteiger partial charge in [0.05, 0.1) is 6.26 Å². The molecule has 196 valence electrons. The average Bonchev–Trinajstić information content (AvgIpc) is 3.50. The molecule has 3 N–H and O–H groups in total. The van der Waals surface area contributed by atoms with E-state index in [-0.39, 0.29) is 92.9 Å². The van der Waals surface area contributed by atoms with Gasteiger partial charge in [0.15, 0.2) is 11.6 Å². The Morgan fingerprint density at radius 2 is 2.13 bits per heavy atom. The number of nitrogens with one attached hydrogen (secondary N) is 1. The van der Waals surface area contributed by atoms with Crippen LogP contribution in [0.4, 0.5) is 0 Å².